The van der Waals surface area contributed by atoms with Crippen molar-refractivity contribution >= 4 is 0 Å². The summed E-state index contributed by atoms with van der Waals surface area (Å²) in [6.45, 7) is 7.08. The normalized spacial score (nSPS) is 5.04. The maximum absolute atomic E-state index is 3.54. The highest BCUT2D eigenvalue weighted by atomic mass is 14.8. The number of hydrogen-bond donors (Lipinski definition) is 1. The topological polar surface area (TPSA) is 12.0 Å². The van der Waals surface area contributed by atoms with E-state index >= 15 is 0 Å². The van der Waals surface area contributed by atoms with E-state index in [-0.39, 0.29) is 0 Å². The van der Waals surface area contributed by atoms with Crippen LogP contribution in [0.3, 0.4) is 0 Å². The van der Waals surface area contributed by atoms with E-state index in [0.717, 1.165) is 0 Å². The molecule has 0 aromatic heterocycles. The lowest BCUT2D eigenvalue weighted by Gasteiger charge is -1.70. The van der Waals surface area contributed by atoms with Crippen molar-refractivity contribution in [1.29, 1.82) is 0 Å². The molecule has 0 aliphatic rings. The maximum Gasteiger partial charge on any atom is 0.0316 e. The molecule has 1 N–H and O–H groups in total. The molecule has 0 aromatic carbocycles. The van der Waals surface area contributed by atoms with Crippen LogP contribution in [0.25, 0.3) is 0 Å². The quantitative estimate of drug-likeness (QED) is 0.463. The molecule has 0 aliphatic heterocycles. The Hall–Kier alpha value is -4.24. The molecule has 0 aromatic rings. The third-order valence-corrected chi connectivity index (χ3v) is 1.54. The van der Waals surface area contributed by atoms with E-state index in [0.29, 0.717) is 12.8 Å². The van der Waals surface area contributed by atoms with Crippen molar-refractivity contribution in [1.82, 2.24) is 5.32 Å². The molecular weight excluding hydrogens is 278 g/mol. The Balaban J connectivity index is 4.14. The van der Waals surface area contributed by atoms with Crippen LogP contribution in [0.15, 0.2) is 25.3 Å². The van der Waals surface area contributed by atoms with Crippen LogP contribution in [0.2, 0.25) is 0 Å². The van der Waals surface area contributed by atoms with E-state index in [1.54, 1.807) is 12.2 Å². The lowest BCUT2D eigenvalue weighted by atomic mass is 10.4. The fourth-order valence-corrected chi connectivity index (χ4v) is 0.741. The van der Waals surface area contributed by atoms with Crippen molar-refractivity contribution in [3.05, 3.63) is 25.3 Å². The van der Waals surface area contributed by atoms with Gasteiger partial charge >= 0.3 is 0 Å². The van der Waals surface area contributed by atoms with Gasteiger partial charge in [0.2, 0.25) is 0 Å². The Morgan fingerprint density at radius 3 is 1.26 bits per heavy atom. The molecule has 0 spiro atoms. The van der Waals surface area contributed by atoms with Gasteiger partial charge in [0.1, 0.15) is 0 Å². The second kappa shape index (κ2) is 17.8. The standard InChI is InChI=1S/C22H11N/c1-3-5-7-9-11-13-15-17-19-21-23-22-20-18-16-14-12-10-8-6-4-2/h3-4,23H,1-2,5-6H2. The Labute approximate surface area is 139 Å². The fourth-order valence-electron chi connectivity index (χ4n) is 0.741. The Morgan fingerprint density at radius 1 is 0.522 bits per heavy atom. The molecule has 0 atom stereocenters. The van der Waals surface area contributed by atoms with Gasteiger partial charge in [-0.15, -0.1) is 13.2 Å². The first-order valence-electron chi connectivity index (χ1n) is 6.34. The van der Waals surface area contributed by atoms with E-state index in [9.17, 15) is 0 Å². The van der Waals surface area contributed by atoms with Gasteiger partial charge in [-0.05, 0) is 35.5 Å². The van der Waals surface area contributed by atoms with Gasteiger partial charge in [-0.2, -0.15) is 0 Å². The molecule has 0 saturated carbocycles. The minimum Gasteiger partial charge on any atom is -0.272 e. The summed E-state index contributed by atoms with van der Waals surface area (Å²) in [5.74, 6) is 36.2. The smallest absolute Gasteiger partial charge is 0.0316 e. The minimum absolute atomic E-state index is 0.613. The number of nitrogens with one attached hydrogen (secondary N) is 1. The van der Waals surface area contributed by atoms with Gasteiger partial charge in [0.25, 0.3) is 0 Å². The highest BCUT2D eigenvalue weighted by Crippen LogP contribution is 1.71. The Morgan fingerprint density at radius 2 is 0.870 bits per heavy atom. The van der Waals surface area contributed by atoms with Crippen LogP contribution in [0.5, 0.6) is 0 Å². The summed E-state index contributed by atoms with van der Waals surface area (Å²) in [6, 6.07) is 5.04. The van der Waals surface area contributed by atoms with Gasteiger partial charge in [-0.3, -0.25) is 5.32 Å². The molecule has 104 valence electrons. The van der Waals surface area contributed by atoms with Crippen molar-refractivity contribution in [2.75, 3.05) is 0 Å². The number of rotatable bonds is 2. The first kappa shape index (κ1) is 18.8. The molecule has 1 nitrogen and oxygen atoms in total. The van der Waals surface area contributed by atoms with Crippen molar-refractivity contribution < 1.29 is 0 Å². The van der Waals surface area contributed by atoms with Crippen LogP contribution in [-0.2, 0) is 0 Å². The minimum atomic E-state index is 0.613. The highest BCUT2D eigenvalue weighted by molar-refractivity contribution is 5.41. The lowest BCUT2D eigenvalue weighted by Crippen LogP contribution is -1.91. The molecular formula is C22H11N. The summed E-state index contributed by atoms with van der Waals surface area (Å²) >= 11 is 0. The second-order valence-corrected chi connectivity index (χ2v) is 3.21. The first-order valence-corrected chi connectivity index (χ1v) is 6.34. The third kappa shape index (κ3) is 17.8. The van der Waals surface area contributed by atoms with Crippen LogP contribution in [0.1, 0.15) is 12.8 Å². The molecule has 0 radical (unpaired) electrons. The van der Waals surface area contributed by atoms with E-state index in [1.807, 2.05) is 0 Å². The van der Waals surface area contributed by atoms with Crippen molar-refractivity contribution in [2.24, 2.45) is 0 Å². The van der Waals surface area contributed by atoms with Gasteiger partial charge in [-0.25, -0.2) is 0 Å². The summed E-state index contributed by atoms with van der Waals surface area (Å²) in [6.07, 6.45) is 4.63. The average Bonchev–Trinajstić information content (AvgIpc) is 2.57. The number of allylic oxidation sites excluding steroid dienone is 2. The zero-order chi connectivity index (χ0) is 16.8. The molecule has 0 rings (SSSR count). The van der Waals surface area contributed by atoms with Gasteiger partial charge < -0.3 is 0 Å². The van der Waals surface area contributed by atoms with Crippen LogP contribution in [-0.4, -0.2) is 0 Å². The molecule has 23 heavy (non-hydrogen) atoms. The predicted octanol–water partition coefficient (Wildman–Crippen LogP) is 1.67. The largest absolute Gasteiger partial charge is 0.272 e. The average molecular weight is 289 g/mol. The van der Waals surface area contributed by atoms with Crippen molar-refractivity contribution in [3.8, 4) is 95.0 Å². The lowest BCUT2D eigenvalue weighted by molar-refractivity contribution is 1.34. The summed E-state index contributed by atoms with van der Waals surface area (Å²) in [5.41, 5.74) is 0. The highest BCUT2D eigenvalue weighted by Gasteiger charge is 1.62. The van der Waals surface area contributed by atoms with E-state index in [1.165, 1.54) is 0 Å². The second-order valence-electron chi connectivity index (χ2n) is 3.21. The monoisotopic (exact) mass is 289 g/mol. The van der Waals surface area contributed by atoms with E-state index in [2.05, 4.69) is 113 Å². The molecule has 1 heteroatoms. The Kier molecular flexibility index (Phi) is 14.5. The zero-order valence-electron chi connectivity index (χ0n) is 12.5. The molecule has 0 amide bonds. The third-order valence-electron chi connectivity index (χ3n) is 1.54. The van der Waals surface area contributed by atoms with E-state index < -0.39 is 0 Å². The van der Waals surface area contributed by atoms with Gasteiger partial charge in [0, 0.05) is 60.5 Å². The first-order chi connectivity index (χ1) is 11.4. The summed E-state index contributed by atoms with van der Waals surface area (Å²) < 4.78 is 0. The van der Waals surface area contributed by atoms with Crippen molar-refractivity contribution in [2.45, 2.75) is 12.8 Å². The van der Waals surface area contributed by atoms with Crippen LogP contribution in [0.4, 0.5) is 0 Å². The molecule has 0 fully saturated rings. The van der Waals surface area contributed by atoms with Gasteiger partial charge in [0.05, 0.1) is 0 Å². The molecule has 0 unspecified atom stereocenters. The SMILES string of the molecule is C=CCC#CC#CC#CC#CNC#CC#CC#CC#CCC=C. The molecule has 0 heterocycles. The maximum atomic E-state index is 3.54. The van der Waals surface area contributed by atoms with Crippen molar-refractivity contribution in [3.63, 3.8) is 0 Å². The molecule has 0 saturated heterocycles. The summed E-state index contributed by atoms with van der Waals surface area (Å²) in [5, 5.41) is 2.52. The number of hydrogen-bond acceptors (Lipinski definition) is 1. The van der Waals surface area contributed by atoms with Crippen LogP contribution < -0.4 is 5.32 Å². The molecule has 0 aliphatic carbocycles. The predicted molar refractivity (Wildman–Crippen MR) is 95.0 cm³/mol. The summed E-state index contributed by atoms with van der Waals surface area (Å²) in [7, 11) is 0. The van der Waals surface area contributed by atoms with Crippen LogP contribution in [0, 0.1) is 95.0 Å². The fraction of sp³-hybridized carbons (Fsp3) is 0.0909. The molecule has 0 bridgehead atoms. The van der Waals surface area contributed by atoms with Gasteiger partial charge in [0.15, 0.2) is 0 Å². The van der Waals surface area contributed by atoms with Crippen LogP contribution >= 0.6 is 0 Å². The van der Waals surface area contributed by atoms with E-state index in [4.69, 9.17) is 0 Å². The summed E-state index contributed by atoms with van der Waals surface area (Å²) in [4.78, 5) is 0. The van der Waals surface area contributed by atoms with Gasteiger partial charge in [-0.1, -0.05) is 24.0 Å². The Bertz CT molecular complexity index is 835. The zero-order valence-corrected chi connectivity index (χ0v) is 12.5.